The van der Waals surface area contributed by atoms with E-state index in [4.69, 9.17) is 11.6 Å². The number of anilines is 2. The first kappa shape index (κ1) is 14.7. The average molecular weight is 351 g/mol. The quantitative estimate of drug-likeness (QED) is 0.823. The van der Waals surface area contributed by atoms with Crippen molar-refractivity contribution >= 4 is 29.0 Å². The molecule has 5 rings (SSSR count). The predicted octanol–water partition coefficient (Wildman–Crippen LogP) is 3.59. The van der Waals surface area contributed by atoms with Crippen LogP contribution in [0.1, 0.15) is 30.9 Å². The van der Waals surface area contributed by atoms with Crippen LogP contribution in [0.4, 0.5) is 11.5 Å². The molecule has 1 aliphatic carbocycles. The molecule has 1 aromatic heterocycles. The molecule has 3 aliphatic rings. The van der Waals surface area contributed by atoms with Crippen molar-refractivity contribution in [1.29, 1.82) is 5.26 Å². The molecule has 1 amide bonds. The highest BCUT2D eigenvalue weighted by molar-refractivity contribution is 6.34. The summed E-state index contributed by atoms with van der Waals surface area (Å²) in [4.78, 5) is 16.7. The van der Waals surface area contributed by atoms with E-state index in [1.54, 1.807) is 13.1 Å². The molecule has 1 fully saturated rings. The molecule has 124 valence electrons. The molecule has 1 spiro atoms. The Balaban J connectivity index is 1.68. The smallest absolute Gasteiger partial charge is 0.249 e. The van der Waals surface area contributed by atoms with E-state index in [0.29, 0.717) is 11.3 Å². The van der Waals surface area contributed by atoms with Crippen molar-refractivity contribution in [1.82, 2.24) is 4.98 Å². The Bertz CT molecular complexity index is 1010. The molecule has 1 atom stereocenters. The summed E-state index contributed by atoms with van der Waals surface area (Å²) in [7, 11) is 0. The molecule has 5 nitrogen and oxygen atoms in total. The number of nitrogens with zero attached hydrogens (tertiary/aromatic N) is 2. The van der Waals surface area contributed by atoms with Gasteiger partial charge < -0.3 is 10.6 Å². The number of benzene rings is 1. The van der Waals surface area contributed by atoms with Crippen LogP contribution in [0, 0.1) is 11.3 Å². The first-order valence-electron chi connectivity index (χ1n) is 8.29. The Morgan fingerprint density at radius 1 is 1.36 bits per heavy atom. The van der Waals surface area contributed by atoms with Crippen molar-refractivity contribution in [3.05, 3.63) is 40.5 Å². The number of hydrogen-bond donors (Lipinski definition) is 2. The van der Waals surface area contributed by atoms with Crippen molar-refractivity contribution in [3.8, 4) is 17.2 Å². The highest BCUT2D eigenvalue weighted by atomic mass is 35.5. The van der Waals surface area contributed by atoms with Crippen LogP contribution in [0.3, 0.4) is 0 Å². The highest BCUT2D eigenvalue weighted by Crippen LogP contribution is 2.57. The second-order valence-corrected chi connectivity index (χ2v) is 7.67. The molecule has 0 radical (unpaired) electrons. The summed E-state index contributed by atoms with van der Waals surface area (Å²) in [6.45, 7) is 2.54. The lowest BCUT2D eigenvalue weighted by Gasteiger charge is -2.15. The molecular formula is C19H15ClN4O. The van der Waals surface area contributed by atoms with E-state index in [2.05, 4.69) is 21.7 Å². The normalized spacial score (nSPS) is 24.3. The summed E-state index contributed by atoms with van der Waals surface area (Å²) in [6, 6.07) is 7.77. The van der Waals surface area contributed by atoms with Crippen LogP contribution in [-0.4, -0.2) is 17.4 Å². The van der Waals surface area contributed by atoms with Crippen molar-refractivity contribution in [2.75, 3.05) is 17.2 Å². The zero-order valence-electron chi connectivity index (χ0n) is 13.6. The highest BCUT2D eigenvalue weighted by Gasteiger charge is 2.51. The first-order chi connectivity index (χ1) is 12.0. The van der Waals surface area contributed by atoms with Gasteiger partial charge >= 0.3 is 0 Å². The zero-order valence-corrected chi connectivity index (χ0v) is 14.4. The summed E-state index contributed by atoms with van der Waals surface area (Å²) in [5.41, 5.74) is 3.17. The standard InChI is InChI=1S/C19H15ClN4O/c1-18(8-21)12-6-10(2-3-13(12)24-17(18)25)11-7-22-16-14(15(11)20)19(4-5-19)9-23-16/h2-3,6-7H,4-5,9H2,1H3,(H,22,23)(H,24,25). The third-order valence-electron chi connectivity index (χ3n) is 5.79. The number of nitriles is 1. The number of carbonyl (C=O) groups is 1. The lowest BCUT2D eigenvalue weighted by atomic mass is 9.84. The predicted molar refractivity (Wildman–Crippen MR) is 95.7 cm³/mol. The molecule has 1 unspecified atom stereocenters. The van der Waals surface area contributed by atoms with Crippen LogP contribution in [-0.2, 0) is 15.6 Å². The molecule has 3 heterocycles. The van der Waals surface area contributed by atoms with Crippen LogP contribution in [0.5, 0.6) is 0 Å². The van der Waals surface area contributed by atoms with Gasteiger partial charge in [0.2, 0.25) is 5.91 Å². The second-order valence-electron chi connectivity index (χ2n) is 7.29. The van der Waals surface area contributed by atoms with Gasteiger partial charge in [-0.1, -0.05) is 17.7 Å². The number of fused-ring (bicyclic) bond motifs is 3. The Morgan fingerprint density at radius 3 is 2.88 bits per heavy atom. The van der Waals surface area contributed by atoms with E-state index in [1.807, 2.05) is 18.2 Å². The van der Waals surface area contributed by atoms with E-state index in [0.717, 1.165) is 46.9 Å². The lowest BCUT2D eigenvalue weighted by molar-refractivity contribution is -0.118. The molecule has 25 heavy (non-hydrogen) atoms. The van der Waals surface area contributed by atoms with Gasteiger partial charge in [-0.05, 0) is 37.5 Å². The summed E-state index contributed by atoms with van der Waals surface area (Å²) < 4.78 is 0. The fraction of sp³-hybridized carbons (Fsp3) is 0.316. The van der Waals surface area contributed by atoms with Crippen molar-refractivity contribution in [2.45, 2.75) is 30.6 Å². The van der Waals surface area contributed by atoms with E-state index in [-0.39, 0.29) is 11.3 Å². The fourth-order valence-electron chi connectivity index (χ4n) is 3.94. The summed E-state index contributed by atoms with van der Waals surface area (Å²) in [6.07, 6.45) is 4.03. The fourth-order valence-corrected chi connectivity index (χ4v) is 4.39. The molecule has 2 N–H and O–H groups in total. The summed E-state index contributed by atoms with van der Waals surface area (Å²) in [5.74, 6) is 0.590. The number of hydrogen-bond acceptors (Lipinski definition) is 4. The van der Waals surface area contributed by atoms with E-state index in [1.165, 1.54) is 0 Å². The third-order valence-corrected chi connectivity index (χ3v) is 6.18. The topological polar surface area (TPSA) is 77.8 Å². The van der Waals surface area contributed by atoms with Crippen molar-refractivity contribution in [3.63, 3.8) is 0 Å². The molecule has 0 bridgehead atoms. The molecular weight excluding hydrogens is 336 g/mol. The van der Waals surface area contributed by atoms with Gasteiger partial charge in [0.25, 0.3) is 0 Å². The lowest BCUT2D eigenvalue weighted by Crippen LogP contribution is -2.28. The Morgan fingerprint density at radius 2 is 2.16 bits per heavy atom. The number of pyridine rings is 1. The van der Waals surface area contributed by atoms with Gasteiger partial charge in [-0.3, -0.25) is 4.79 Å². The Hall–Kier alpha value is -2.58. The molecule has 2 aromatic rings. The van der Waals surface area contributed by atoms with Gasteiger partial charge in [-0.25, -0.2) is 4.98 Å². The van der Waals surface area contributed by atoms with E-state index in [9.17, 15) is 10.1 Å². The minimum atomic E-state index is -1.18. The summed E-state index contributed by atoms with van der Waals surface area (Å²) in [5, 5.41) is 16.4. The van der Waals surface area contributed by atoms with E-state index >= 15 is 0 Å². The molecule has 0 saturated heterocycles. The number of amides is 1. The van der Waals surface area contributed by atoms with Crippen LogP contribution < -0.4 is 10.6 Å². The van der Waals surface area contributed by atoms with Crippen molar-refractivity contribution < 1.29 is 4.79 Å². The largest absolute Gasteiger partial charge is 0.369 e. The van der Waals surface area contributed by atoms with Crippen LogP contribution >= 0.6 is 11.6 Å². The number of carbonyl (C=O) groups excluding carboxylic acids is 1. The minimum absolute atomic E-state index is 0.144. The van der Waals surface area contributed by atoms with Gasteiger partial charge in [0.05, 0.1) is 11.1 Å². The summed E-state index contributed by atoms with van der Waals surface area (Å²) >= 11 is 6.77. The maximum atomic E-state index is 12.2. The zero-order chi connectivity index (χ0) is 17.4. The molecule has 1 aromatic carbocycles. The first-order valence-corrected chi connectivity index (χ1v) is 8.67. The number of halogens is 1. The van der Waals surface area contributed by atoms with Gasteiger partial charge in [-0.15, -0.1) is 0 Å². The third kappa shape index (κ3) is 1.78. The Kier molecular flexibility index (Phi) is 2.67. The van der Waals surface area contributed by atoms with Crippen LogP contribution in [0.2, 0.25) is 5.02 Å². The minimum Gasteiger partial charge on any atom is -0.369 e. The second kappa shape index (κ2) is 4.53. The van der Waals surface area contributed by atoms with E-state index < -0.39 is 5.41 Å². The van der Waals surface area contributed by atoms with Gasteiger partial charge in [0, 0.05) is 40.5 Å². The average Bonchev–Trinajstić information content (AvgIpc) is 3.22. The maximum Gasteiger partial charge on any atom is 0.249 e. The maximum absolute atomic E-state index is 12.2. The van der Waals surface area contributed by atoms with Crippen LogP contribution in [0.15, 0.2) is 24.4 Å². The number of nitrogens with one attached hydrogen (secondary N) is 2. The van der Waals surface area contributed by atoms with Crippen LogP contribution in [0.25, 0.3) is 11.1 Å². The van der Waals surface area contributed by atoms with Gasteiger partial charge in [0.1, 0.15) is 5.82 Å². The van der Waals surface area contributed by atoms with Gasteiger partial charge in [-0.2, -0.15) is 5.26 Å². The van der Waals surface area contributed by atoms with Gasteiger partial charge in [0.15, 0.2) is 5.41 Å². The Labute approximate surface area is 150 Å². The number of aromatic nitrogens is 1. The number of rotatable bonds is 1. The molecule has 1 saturated carbocycles. The monoisotopic (exact) mass is 350 g/mol. The molecule has 6 heteroatoms. The van der Waals surface area contributed by atoms with Crippen molar-refractivity contribution in [2.24, 2.45) is 0 Å². The molecule has 2 aliphatic heterocycles. The SMILES string of the molecule is CC1(C#N)C(=O)Nc2ccc(-c3cnc4c(c3Cl)C3(CC3)CN4)cc21.